The van der Waals surface area contributed by atoms with Crippen LogP contribution in [0.5, 0.6) is 5.75 Å². The number of carbonyl (C=O) groups is 1. The minimum atomic E-state index is -0.589. The van der Waals surface area contributed by atoms with Gasteiger partial charge >= 0.3 is 0 Å². The molecule has 1 N–H and O–H groups in total. The van der Waals surface area contributed by atoms with Crippen LogP contribution >= 0.6 is 0 Å². The monoisotopic (exact) mass is 370 g/mol. The van der Waals surface area contributed by atoms with Crippen LogP contribution in [-0.4, -0.2) is 66.2 Å². The molecule has 6 nitrogen and oxygen atoms in total. The van der Waals surface area contributed by atoms with Crippen molar-refractivity contribution < 1.29 is 19.1 Å². The predicted octanol–water partition coefficient (Wildman–Crippen LogP) is 2.21. The lowest BCUT2D eigenvalue weighted by Gasteiger charge is -2.35. The molecule has 0 bridgehead atoms. The number of nitrogens with zero attached hydrogens (tertiary/aromatic N) is 2. The SMILES string of the molecule is C=CCc1ccccc1OCC(O)CN1CCN(C(=O)c2ccco2)CC1. The molecule has 1 aliphatic rings. The van der Waals surface area contributed by atoms with Crippen LogP contribution in [0.3, 0.4) is 0 Å². The highest BCUT2D eigenvalue weighted by molar-refractivity contribution is 5.91. The number of aliphatic hydroxyl groups is 1. The standard InChI is InChI=1S/C21H26N2O4/c1-2-6-17-7-3-4-8-19(17)27-16-18(24)15-22-10-12-23(13-11-22)21(25)20-9-5-14-26-20/h2-5,7-9,14,18,24H,1,6,10-13,15-16H2. The van der Waals surface area contributed by atoms with Crippen molar-refractivity contribution in [2.75, 3.05) is 39.3 Å². The van der Waals surface area contributed by atoms with Gasteiger partial charge in [-0.2, -0.15) is 0 Å². The predicted molar refractivity (Wildman–Crippen MR) is 103 cm³/mol. The lowest BCUT2D eigenvalue weighted by molar-refractivity contribution is 0.0388. The molecule has 1 unspecified atom stereocenters. The van der Waals surface area contributed by atoms with E-state index in [4.69, 9.17) is 9.15 Å². The average molecular weight is 370 g/mol. The number of aliphatic hydroxyl groups excluding tert-OH is 1. The van der Waals surface area contributed by atoms with E-state index < -0.39 is 6.10 Å². The molecule has 1 aromatic heterocycles. The molecule has 1 aliphatic heterocycles. The molecule has 6 heteroatoms. The summed E-state index contributed by atoms with van der Waals surface area (Å²) in [6, 6.07) is 11.2. The summed E-state index contributed by atoms with van der Waals surface area (Å²) in [6.07, 6.45) is 3.49. The summed E-state index contributed by atoms with van der Waals surface area (Å²) in [5.41, 5.74) is 1.06. The number of piperazine rings is 1. The first-order valence-corrected chi connectivity index (χ1v) is 9.22. The van der Waals surface area contributed by atoms with Crippen LogP contribution in [0.1, 0.15) is 16.1 Å². The van der Waals surface area contributed by atoms with Gasteiger partial charge in [0.05, 0.1) is 6.26 Å². The fraction of sp³-hybridized carbons (Fsp3) is 0.381. The third-order valence-electron chi connectivity index (χ3n) is 4.63. The number of hydrogen-bond donors (Lipinski definition) is 1. The molecule has 2 aromatic rings. The molecule has 0 saturated carbocycles. The van der Waals surface area contributed by atoms with Crippen molar-refractivity contribution in [3.8, 4) is 5.75 Å². The molecule has 1 amide bonds. The van der Waals surface area contributed by atoms with E-state index >= 15 is 0 Å². The van der Waals surface area contributed by atoms with Gasteiger partial charge in [-0.05, 0) is 30.2 Å². The highest BCUT2D eigenvalue weighted by atomic mass is 16.5. The van der Waals surface area contributed by atoms with Gasteiger partial charge in [-0.15, -0.1) is 6.58 Å². The summed E-state index contributed by atoms with van der Waals surface area (Å²) in [5.74, 6) is 1.07. The first-order chi connectivity index (χ1) is 13.2. The largest absolute Gasteiger partial charge is 0.491 e. The van der Waals surface area contributed by atoms with Gasteiger partial charge in [0.1, 0.15) is 18.5 Å². The number of rotatable bonds is 8. The van der Waals surface area contributed by atoms with Gasteiger partial charge in [0, 0.05) is 32.7 Å². The molecular formula is C21H26N2O4. The summed E-state index contributed by atoms with van der Waals surface area (Å²) in [4.78, 5) is 16.2. The topological polar surface area (TPSA) is 66.2 Å². The van der Waals surface area contributed by atoms with Crippen molar-refractivity contribution in [1.29, 1.82) is 0 Å². The summed E-state index contributed by atoms with van der Waals surface area (Å²) in [5, 5.41) is 10.3. The average Bonchev–Trinajstić information content (AvgIpc) is 3.22. The number of carbonyl (C=O) groups excluding carboxylic acids is 1. The Balaban J connectivity index is 1.42. The van der Waals surface area contributed by atoms with Crippen molar-refractivity contribution in [3.05, 3.63) is 66.6 Å². The van der Waals surface area contributed by atoms with Crippen LogP contribution < -0.4 is 4.74 Å². The molecule has 1 saturated heterocycles. The molecule has 0 radical (unpaired) electrons. The zero-order chi connectivity index (χ0) is 19.1. The number of benzene rings is 1. The van der Waals surface area contributed by atoms with E-state index in [1.807, 2.05) is 30.3 Å². The fourth-order valence-electron chi connectivity index (χ4n) is 3.20. The molecular weight excluding hydrogens is 344 g/mol. The van der Waals surface area contributed by atoms with Crippen molar-refractivity contribution in [2.45, 2.75) is 12.5 Å². The number of ether oxygens (including phenoxy) is 1. The Morgan fingerprint density at radius 1 is 1.22 bits per heavy atom. The Bertz CT molecular complexity index is 736. The van der Waals surface area contributed by atoms with E-state index in [2.05, 4.69) is 11.5 Å². The molecule has 3 rings (SSSR count). The highest BCUT2D eigenvalue weighted by Crippen LogP contribution is 2.19. The second-order valence-corrected chi connectivity index (χ2v) is 6.64. The number of hydrogen-bond acceptors (Lipinski definition) is 5. The summed E-state index contributed by atoms with van der Waals surface area (Å²) < 4.78 is 11.0. The van der Waals surface area contributed by atoms with Gasteiger partial charge in [-0.3, -0.25) is 9.69 Å². The lowest BCUT2D eigenvalue weighted by Crippen LogP contribution is -2.50. The Hall–Kier alpha value is -2.57. The van der Waals surface area contributed by atoms with E-state index in [1.54, 1.807) is 17.0 Å². The first kappa shape index (κ1) is 19.2. The third-order valence-corrected chi connectivity index (χ3v) is 4.63. The normalized spacial score (nSPS) is 16.1. The van der Waals surface area contributed by atoms with Gasteiger partial charge < -0.3 is 19.2 Å². The molecule has 144 valence electrons. The maximum absolute atomic E-state index is 12.3. The molecule has 2 heterocycles. The number of allylic oxidation sites excluding steroid dienone is 1. The van der Waals surface area contributed by atoms with Crippen LogP contribution in [0.15, 0.2) is 59.7 Å². The minimum absolute atomic E-state index is 0.0812. The summed E-state index contributed by atoms with van der Waals surface area (Å²) in [6.45, 7) is 7.19. The van der Waals surface area contributed by atoms with Gasteiger partial charge in [-0.1, -0.05) is 24.3 Å². The Labute approximate surface area is 159 Å². The molecule has 1 atom stereocenters. The number of β-amino-alcohol motifs (C(OH)–C–C–N with tert-alkyl or cyclic N) is 1. The lowest BCUT2D eigenvalue weighted by atomic mass is 10.1. The van der Waals surface area contributed by atoms with Gasteiger partial charge in [-0.25, -0.2) is 0 Å². The second-order valence-electron chi connectivity index (χ2n) is 6.64. The van der Waals surface area contributed by atoms with Crippen molar-refractivity contribution in [2.24, 2.45) is 0 Å². The highest BCUT2D eigenvalue weighted by Gasteiger charge is 2.24. The smallest absolute Gasteiger partial charge is 0.289 e. The van der Waals surface area contributed by atoms with Gasteiger partial charge in [0.25, 0.3) is 5.91 Å². The number of para-hydroxylation sites is 1. The van der Waals surface area contributed by atoms with Crippen LogP contribution in [-0.2, 0) is 6.42 Å². The molecule has 0 spiro atoms. The molecule has 0 aliphatic carbocycles. The minimum Gasteiger partial charge on any atom is -0.491 e. The van der Waals surface area contributed by atoms with Crippen molar-refractivity contribution in [3.63, 3.8) is 0 Å². The van der Waals surface area contributed by atoms with E-state index in [-0.39, 0.29) is 12.5 Å². The maximum Gasteiger partial charge on any atom is 0.289 e. The second kappa shape index (κ2) is 9.39. The maximum atomic E-state index is 12.3. The Morgan fingerprint density at radius 2 is 2.00 bits per heavy atom. The van der Waals surface area contributed by atoms with Crippen molar-refractivity contribution >= 4 is 5.91 Å². The fourth-order valence-corrected chi connectivity index (χ4v) is 3.20. The first-order valence-electron chi connectivity index (χ1n) is 9.22. The summed E-state index contributed by atoms with van der Waals surface area (Å²) >= 11 is 0. The van der Waals surface area contributed by atoms with E-state index in [9.17, 15) is 9.90 Å². The van der Waals surface area contributed by atoms with E-state index in [0.717, 1.165) is 30.8 Å². The zero-order valence-corrected chi connectivity index (χ0v) is 15.4. The van der Waals surface area contributed by atoms with Crippen LogP contribution in [0, 0.1) is 0 Å². The molecule has 27 heavy (non-hydrogen) atoms. The van der Waals surface area contributed by atoms with Crippen LogP contribution in [0.4, 0.5) is 0 Å². The van der Waals surface area contributed by atoms with E-state index in [1.165, 1.54) is 6.26 Å². The van der Waals surface area contributed by atoms with Crippen LogP contribution in [0.25, 0.3) is 0 Å². The quantitative estimate of drug-likeness (QED) is 0.722. The number of furan rings is 1. The van der Waals surface area contributed by atoms with Gasteiger partial charge in [0.15, 0.2) is 5.76 Å². The van der Waals surface area contributed by atoms with Gasteiger partial charge in [0.2, 0.25) is 0 Å². The molecule has 1 aromatic carbocycles. The summed E-state index contributed by atoms with van der Waals surface area (Å²) in [7, 11) is 0. The van der Waals surface area contributed by atoms with Crippen molar-refractivity contribution in [1.82, 2.24) is 9.80 Å². The van der Waals surface area contributed by atoms with Crippen LogP contribution in [0.2, 0.25) is 0 Å². The Kier molecular flexibility index (Phi) is 6.68. The van der Waals surface area contributed by atoms with E-state index in [0.29, 0.717) is 25.4 Å². The Morgan fingerprint density at radius 3 is 2.70 bits per heavy atom. The molecule has 1 fully saturated rings. The number of amides is 1. The third kappa shape index (κ3) is 5.21. The zero-order valence-electron chi connectivity index (χ0n) is 15.4.